The number of rotatable bonds is 7. The Labute approximate surface area is 116 Å². The molecule has 2 rings (SSSR count). The monoisotopic (exact) mass is 276 g/mol. The van der Waals surface area contributed by atoms with E-state index in [1.807, 2.05) is 24.4 Å². The van der Waals surface area contributed by atoms with Crippen molar-refractivity contribution < 1.29 is 14.3 Å². The fraction of sp³-hybridized carbons (Fsp3) is 0.267. The van der Waals surface area contributed by atoms with Crippen molar-refractivity contribution in [2.75, 3.05) is 13.2 Å². The lowest BCUT2D eigenvalue weighted by molar-refractivity contribution is 0.0731. The van der Waals surface area contributed by atoms with Crippen LogP contribution >= 0.6 is 11.3 Å². The van der Waals surface area contributed by atoms with E-state index in [1.54, 1.807) is 35.6 Å². The molecule has 1 aromatic carbocycles. The predicted octanol–water partition coefficient (Wildman–Crippen LogP) is 3.55. The van der Waals surface area contributed by atoms with E-state index < -0.39 is 0 Å². The van der Waals surface area contributed by atoms with Gasteiger partial charge >= 0.3 is 0 Å². The van der Waals surface area contributed by atoms with Crippen molar-refractivity contribution in [1.29, 1.82) is 0 Å². The third-order valence-electron chi connectivity index (χ3n) is 2.54. The van der Waals surface area contributed by atoms with Crippen LogP contribution in [0.1, 0.15) is 22.2 Å². The second-order valence-corrected chi connectivity index (χ2v) is 4.98. The molecule has 0 unspecified atom stereocenters. The maximum absolute atomic E-state index is 11.9. The van der Waals surface area contributed by atoms with Crippen molar-refractivity contribution in [3.63, 3.8) is 0 Å². The fourth-order valence-corrected chi connectivity index (χ4v) is 2.27. The standard InChI is InChI=1S/C15H16O3S/c1-2-18-13-7-5-12(6-8-13)15(16)11-17-10-14-4-3-9-19-14/h3-9H,2,10-11H2,1H3. The average molecular weight is 276 g/mol. The number of ether oxygens (including phenoxy) is 2. The van der Waals surface area contributed by atoms with Gasteiger partial charge in [0.25, 0.3) is 0 Å². The van der Waals surface area contributed by atoms with E-state index in [0.717, 1.165) is 10.6 Å². The molecule has 0 aliphatic heterocycles. The Morgan fingerprint density at radius 3 is 2.63 bits per heavy atom. The van der Waals surface area contributed by atoms with Crippen LogP contribution in [0.4, 0.5) is 0 Å². The Morgan fingerprint density at radius 2 is 2.00 bits per heavy atom. The number of ketones is 1. The molecule has 0 amide bonds. The van der Waals surface area contributed by atoms with E-state index >= 15 is 0 Å². The van der Waals surface area contributed by atoms with E-state index in [1.165, 1.54) is 0 Å². The van der Waals surface area contributed by atoms with Crippen LogP contribution in [-0.4, -0.2) is 19.0 Å². The van der Waals surface area contributed by atoms with Crippen molar-refractivity contribution in [1.82, 2.24) is 0 Å². The quantitative estimate of drug-likeness (QED) is 0.725. The van der Waals surface area contributed by atoms with Gasteiger partial charge in [0.05, 0.1) is 13.2 Å². The zero-order valence-corrected chi connectivity index (χ0v) is 11.6. The molecule has 0 aliphatic carbocycles. The third kappa shape index (κ3) is 4.19. The van der Waals surface area contributed by atoms with Crippen molar-refractivity contribution >= 4 is 17.1 Å². The van der Waals surface area contributed by atoms with E-state index in [-0.39, 0.29) is 12.4 Å². The molecule has 4 heteroatoms. The Kier molecular flexibility index (Phi) is 5.12. The summed E-state index contributed by atoms with van der Waals surface area (Å²) in [4.78, 5) is 13.0. The maximum atomic E-state index is 11.9. The molecule has 0 saturated heterocycles. The summed E-state index contributed by atoms with van der Waals surface area (Å²) in [6.45, 7) is 3.14. The van der Waals surface area contributed by atoms with Gasteiger partial charge in [-0.3, -0.25) is 4.79 Å². The van der Waals surface area contributed by atoms with Gasteiger partial charge in [-0.25, -0.2) is 0 Å². The summed E-state index contributed by atoms with van der Waals surface area (Å²) in [6.07, 6.45) is 0. The lowest BCUT2D eigenvalue weighted by atomic mass is 10.1. The maximum Gasteiger partial charge on any atom is 0.188 e. The molecule has 0 N–H and O–H groups in total. The molecule has 1 aromatic heterocycles. The van der Waals surface area contributed by atoms with Crippen LogP contribution in [0.5, 0.6) is 5.75 Å². The fourth-order valence-electron chi connectivity index (χ4n) is 1.63. The smallest absolute Gasteiger partial charge is 0.188 e. The predicted molar refractivity (Wildman–Crippen MR) is 75.9 cm³/mol. The SMILES string of the molecule is CCOc1ccc(C(=O)COCc2cccs2)cc1. The van der Waals surface area contributed by atoms with Crippen molar-refractivity contribution in [3.05, 3.63) is 52.2 Å². The highest BCUT2D eigenvalue weighted by atomic mass is 32.1. The Hall–Kier alpha value is -1.65. The molecule has 19 heavy (non-hydrogen) atoms. The van der Waals surface area contributed by atoms with Gasteiger partial charge < -0.3 is 9.47 Å². The number of carbonyl (C=O) groups excluding carboxylic acids is 1. The normalized spacial score (nSPS) is 10.4. The van der Waals surface area contributed by atoms with Gasteiger partial charge in [-0.15, -0.1) is 11.3 Å². The van der Waals surface area contributed by atoms with Gasteiger partial charge in [0, 0.05) is 10.4 Å². The lowest BCUT2D eigenvalue weighted by Gasteiger charge is -2.05. The molecule has 0 radical (unpaired) electrons. The summed E-state index contributed by atoms with van der Waals surface area (Å²) in [5.74, 6) is 0.762. The van der Waals surface area contributed by atoms with E-state index in [2.05, 4.69) is 0 Å². The first-order valence-corrected chi connectivity index (χ1v) is 7.03. The minimum Gasteiger partial charge on any atom is -0.494 e. The molecule has 100 valence electrons. The third-order valence-corrected chi connectivity index (χ3v) is 3.39. The highest BCUT2D eigenvalue weighted by Gasteiger charge is 2.06. The molecular weight excluding hydrogens is 260 g/mol. The van der Waals surface area contributed by atoms with Gasteiger partial charge in [-0.05, 0) is 42.6 Å². The van der Waals surface area contributed by atoms with Crippen LogP contribution in [0.15, 0.2) is 41.8 Å². The van der Waals surface area contributed by atoms with Crippen LogP contribution < -0.4 is 4.74 Å². The summed E-state index contributed by atoms with van der Waals surface area (Å²) >= 11 is 1.62. The number of hydrogen-bond donors (Lipinski definition) is 0. The Balaban J connectivity index is 1.82. The van der Waals surface area contributed by atoms with Crippen LogP contribution in [0.25, 0.3) is 0 Å². The summed E-state index contributed by atoms with van der Waals surface area (Å²) in [5, 5.41) is 1.99. The topological polar surface area (TPSA) is 35.5 Å². The summed E-state index contributed by atoms with van der Waals surface area (Å²) in [5.41, 5.74) is 0.648. The van der Waals surface area contributed by atoms with Gasteiger partial charge in [-0.1, -0.05) is 6.07 Å². The van der Waals surface area contributed by atoms with Crippen molar-refractivity contribution in [2.24, 2.45) is 0 Å². The largest absolute Gasteiger partial charge is 0.494 e. The first-order valence-electron chi connectivity index (χ1n) is 6.16. The molecule has 0 atom stereocenters. The lowest BCUT2D eigenvalue weighted by Crippen LogP contribution is -2.08. The molecule has 0 fully saturated rings. The Bertz CT molecular complexity index is 503. The van der Waals surface area contributed by atoms with E-state index in [9.17, 15) is 4.79 Å². The second-order valence-electron chi connectivity index (χ2n) is 3.95. The van der Waals surface area contributed by atoms with Crippen molar-refractivity contribution in [2.45, 2.75) is 13.5 Å². The van der Waals surface area contributed by atoms with Crippen LogP contribution in [-0.2, 0) is 11.3 Å². The minimum absolute atomic E-state index is 0.0143. The highest BCUT2D eigenvalue weighted by Crippen LogP contribution is 2.13. The number of carbonyl (C=O) groups is 1. The molecule has 1 heterocycles. The van der Waals surface area contributed by atoms with E-state index in [4.69, 9.17) is 9.47 Å². The summed E-state index contributed by atoms with van der Waals surface area (Å²) < 4.78 is 10.7. The van der Waals surface area contributed by atoms with Crippen LogP contribution in [0.2, 0.25) is 0 Å². The number of benzene rings is 1. The molecule has 0 saturated carbocycles. The first-order chi connectivity index (χ1) is 9.29. The van der Waals surface area contributed by atoms with Crippen LogP contribution in [0.3, 0.4) is 0 Å². The zero-order valence-electron chi connectivity index (χ0n) is 10.8. The Morgan fingerprint density at radius 1 is 1.21 bits per heavy atom. The van der Waals surface area contributed by atoms with Crippen LogP contribution in [0, 0.1) is 0 Å². The molecular formula is C15H16O3S. The van der Waals surface area contributed by atoms with Gasteiger partial charge in [0.15, 0.2) is 5.78 Å². The molecule has 0 spiro atoms. The molecule has 3 nitrogen and oxygen atoms in total. The number of thiophene rings is 1. The van der Waals surface area contributed by atoms with Gasteiger partial charge in [0.1, 0.15) is 12.4 Å². The number of Topliss-reactive ketones (excluding diaryl/α,β-unsaturated/α-hetero) is 1. The van der Waals surface area contributed by atoms with Crippen molar-refractivity contribution in [3.8, 4) is 5.75 Å². The summed E-state index contributed by atoms with van der Waals surface area (Å²) in [6, 6.07) is 11.1. The molecule has 0 bridgehead atoms. The van der Waals surface area contributed by atoms with E-state index in [0.29, 0.717) is 18.8 Å². The first kappa shape index (κ1) is 13.8. The molecule has 0 aliphatic rings. The highest BCUT2D eigenvalue weighted by molar-refractivity contribution is 7.09. The zero-order chi connectivity index (χ0) is 13.5. The average Bonchev–Trinajstić information content (AvgIpc) is 2.93. The number of hydrogen-bond acceptors (Lipinski definition) is 4. The second kappa shape index (κ2) is 7.07. The van der Waals surface area contributed by atoms with Gasteiger partial charge in [-0.2, -0.15) is 0 Å². The summed E-state index contributed by atoms with van der Waals surface area (Å²) in [7, 11) is 0. The molecule has 2 aromatic rings. The minimum atomic E-state index is -0.0143. The van der Waals surface area contributed by atoms with Gasteiger partial charge in [0.2, 0.25) is 0 Å².